The maximum atomic E-state index is 12.7. The van der Waals surface area contributed by atoms with Crippen LogP contribution in [-0.4, -0.2) is 16.0 Å². The molecule has 28 heavy (non-hydrogen) atoms. The van der Waals surface area contributed by atoms with E-state index in [1.807, 2.05) is 30.3 Å². The van der Waals surface area contributed by atoms with E-state index in [2.05, 4.69) is 22.6 Å². The maximum absolute atomic E-state index is 12.7. The van der Waals surface area contributed by atoms with Crippen molar-refractivity contribution in [2.75, 3.05) is 0 Å². The molecule has 0 bridgehead atoms. The van der Waals surface area contributed by atoms with E-state index in [4.69, 9.17) is 16.0 Å². The molecule has 0 atom stereocenters. The molecule has 0 spiro atoms. The Balaban J connectivity index is 1.52. The number of rotatable bonds is 4. The summed E-state index contributed by atoms with van der Waals surface area (Å²) in [5.41, 5.74) is 1.79. The third-order valence-corrected chi connectivity index (χ3v) is 6.03. The number of benzene rings is 2. The summed E-state index contributed by atoms with van der Waals surface area (Å²) in [7, 11) is 0. The summed E-state index contributed by atoms with van der Waals surface area (Å²) in [5, 5.41) is 0.315. The smallest absolute Gasteiger partial charge is 0.293 e. The minimum atomic E-state index is -0.322. The van der Waals surface area contributed by atoms with Crippen LogP contribution in [0.4, 0.5) is 4.79 Å². The zero-order chi connectivity index (χ0) is 19.7. The number of carbonyl (C=O) groups excluding carboxylic acids is 2. The van der Waals surface area contributed by atoms with Crippen LogP contribution in [0.1, 0.15) is 11.3 Å². The minimum Gasteiger partial charge on any atom is -0.457 e. The molecule has 7 heteroatoms. The Morgan fingerprint density at radius 3 is 2.43 bits per heavy atom. The number of nitrogens with zero attached hydrogens (tertiary/aromatic N) is 1. The zero-order valence-electron chi connectivity index (χ0n) is 14.4. The maximum Gasteiger partial charge on any atom is 0.293 e. The van der Waals surface area contributed by atoms with E-state index < -0.39 is 0 Å². The van der Waals surface area contributed by atoms with Crippen LogP contribution < -0.4 is 0 Å². The number of imide groups is 1. The second-order valence-electron chi connectivity index (χ2n) is 6.10. The Labute approximate surface area is 184 Å². The van der Waals surface area contributed by atoms with Crippen LogP contribution in [0.3, 0.4) is 0 Å². The summed E-state index contributed by atoms with van der Waals surface area (Å²) in [4.78, 5) is 26.5. The highest BCUT2D eigenvalue weighted by molar-refractivity contribution is 14.1. The largest absolute Gasteiger partial charge is 0.457 e. The van der Waals surface area contributed by atoms with Gasteiger partial charge < -0.3 is 4.42 Å². The topological polar surface area (TPSA) is 50.5 Å². The number of amides is 2. The number of furan rings is 1. The standard InChI is InChI=1S/C21H13ClINO3S/c22-15-5-1-13(2-6-15)12-24-20(25)19(28-21(24)26)11-17-9-10-18(27-17)14-3-7-16(23)8-4-14/h1-11H,12H2/b19-11-. The van der Waals surface area contributed by atoms with Crippen LogP contribution in [0.2, 0.25) is 5.02 Å². The highest BCUT2D eigenvalue weighted by atomic mass is 127. The first-order chi connectivity index (χ1) is 13.5. The molecule has 0 saturated carbocycles. The molecule has 0 radical (unpaired) electrons. The SMILES string of the molecule is O=C1S/C(=C\c2ccc(-c3ccc(I)cc3)o2)C(=O)N1Cc1ccc(Cl)cc1. The van der Waals surface area contributed by atoms with Gasteiger partial charge in [0.2, 0.25) is 0 Å². The number of thioether (sulfide) groups is 1. The van der Waals surface area contributed by atoms with Gasteiger partial charge in [-0.15, -0.1) is 0 Å². The van der Waals surface area contributed by atoms with Gasteiger partial charge in [-0.3, -0.25) is 14.5 Å². The molecule has 1 aliphatic rings. The monoisotopic (exact) mass is 521 g/mol. The lowest BCUT2D eigenvalue weighted by Crippen LogP contribution is -2.27. The molecule has 4 rings (SSSR count). The first-order valence-corrected chi connectivity index (χ1v) is 10.6. The average molecular weight is 522 g/mol. The Morgan fingerprint density at radius 2 is 1.71 bits per heavy atom. The van der Waals surface area contributed by atoms with Crippen LogP contribution >= 0.6 is 46.0 Å². The van der Waals surface area contributed by atoms with Gasteiger partial charge in [0, 0.05) is 20.2 Å². The molecule has 2 heterocycles. The van der Waals surface area contributed by atoms with Gasteiger partial charge in [-0.2, -0.15) is 0 Å². The quantitative estimate of drug-likeness (QED) is 0.293. The van der Waals surface area contributed by atoms with Gasteiger partial charge in [0.1, 0.15) is 11.5 Å². The van der Waals surface area contributed by atoms with Crippen LogP contribution in [0, 0.1) is 3.57 Å². The van der Waals surface area contributed by atoms with E-state index >= 15 is 0 Å². The Morgan fingerprint density at radius 1 is 1.00 bits per heavy atom. The number of hydrogen-bond donors (Lipinski definition) is 0. The summed E-state index contributed by atoms with van der Waals surface area (Å²) in [6.45, 7) is 0.214. The van der Waals surface area contributed by atoms with Gasteiger partial charge in [0.15, 0.2) is 0 Å². The van der Waals surface area contributed by atoms with Crippen molar-refractivity contribution in [1.82, 2.24) is 4.90 Å². The zero-order valence-corrected chi connectivity index (χ0v) is 18.1. The molecule has 1 aliphatic heterocycles. The lowest BCUT2D eigenvalue weighted by Gasteiger charge is -2.12. The second-order valence-corrected chi connectivity index (χ2v) is 8.78. The summed E-state index contributed by atoms with van der Waals surface area (Å²) in [6, 6.07) is 18.7. The van der Waals surface area contributed by atoms with Gasteiger partial charge in [-0.25, -0.2) is 0 Å². The second kappa shape index (κ2) is 8.14. The molecule has 0 aliphatic carbocycles. The number of halogens is 2. The predicted molar refractivity (Wildman–Crippen MR) is 120 cm³/mol. The van der Waals surface area contributed by atoms with Crippen LogP contribution in [-0.2, 0) is 11.3 Å². The van der Waals surface area contributed by atoms with Crippen molar-refractivity contribution < 1.29 is 14.0 Å². The normalized spacial score (nSPS) is 15.6. The fourth-order valence-corrected chi connectivity index (χ4v) is 4.04. The van der Waals surface area contributed by atoms with E-state index in [0.717, 1.165) is 26.5 Å². The molecular weight excluding hydrogens is 509 g/mol. The highest BCUT2D eigenvalue weighted by Gasteiger charge is 2.35. The molecule has 0 N–H and O–H groups in total. The van der Waals surface area contributed by atoms with Crippen molar-refractivity contribution in [1.29, 1.82) is 0 Å². The van der Waals surface area contributed by atoms with Crippen molar-refractivity contribution in [2.45, 2.75) is 6.54 Å². The first kappa shape index (κ1) is 19.3. The molecule has 0 unspecified atom stereocenters. The predicted octanol–water partition coefficient (Wildman–Crippen LogP) is 6.44. The first-order valence-electron chi connectivity index (χ1n) is 8.35. The number of carbonyl (C=O) groups is 2. The Bertz CT molecular complexity index is 1070. The fraction of sp³-hybridized carbons (Fsp3) is 0.0476. The van der Waals surface area contributed by atoms with Gasteiger partial charge in [-0.1, -0.05) is 35.9 Å². The lowest BCUT2D eigenvalue weighted by molar-refractivity contribution is -0.123. The van der Waals surface area contributed by atoms with Crippen molar-refractivity contribution in [3.63, 3.8) is 0 Å². The van der Waals surface area contributed by atoms with Gasteiger partial charge in [-0.05, 0) is 76.3 Å². The van der Waals surface area contributed by atoms with Crippen LogP contribution in [0.5, 0.6) is 0 Å². The number of hydrogen-bond acceptors (Lipinski definition) is 4. The van der Waals surface area contributed by atoms with E-state index in [1.54, 1.807) is 36.4 Å². The molecule has 3 aromatic rings. The Kier molecular flexibility index (Phi) is 5.61. The molecule has 2 amide bonds. The van der Waals surface area contributed by atoms with Crippen molar-refractivity contribution >= 4 is 63.2 Å². The Hall–Kier alpha value is -2.03. The summed E-state index contributed by atoms with van der Waals surface area (Å²) >= 11 is 9.04. The van der Waals surface area contributed by atoms with Gasteiger partial charge in [0.25, 0.3) is 11.1 Å². The van der Waals surface area contributed by atoms with Crippen LogP contribution in [0.15, 0.2) is 70.0 Å². The molecule has 1 fully saturated rings. The summed E-state index contributed by atoms with van der Waals surface area (Å²) in [6.07, 6.45) is 1.61. The molecular formula is C21H13ClINO3S. The summed E-state index contributed by atoms with van der Waals surface area (Å²) < 4.78 is 6.97. The van der Waals surface area contributed by atoms with E-state index in [9.17, 15) is 9.59 Å². The van der Waals surface area contributed by atoms with Crippen LogP contribution in [0.25, 0.3) is 17.4 Å². The molecule has 4 nitrogen and oxygen atoms in total. The van der Waals surface area contributed by atoms with Crippen molar-refractivity contribution in [3.05, 3.63) is 85.5 Å². The highest BCUT2D eigenvalue weighted by Crippen LogP contribution is 2.34. The third-order valence-electron chi connectivity index (χ3n) is 4.16. The van der Waals surface area contributed by atoms with Gasteiger partial charge >= 0.3 is 0 Å². The van der Waals surface area contributed by atoms with E-state index in [-0.39, 0.29) is 17.7 Å². The molecule has 2 aromatic carbocycles. The molecule has 1 aromatic heterocycles. The van der Waals surface area contributed by atoms with E-state index in [0.29, 0.717) is 21.4 Å². The van der Waals surface area contributed by atoms with Crippen molar-refractivity contribution in [3.8, 4) is 11.3 Å². The summed E-state index contributed by atoms with van der Waals surface area (Å²) in [5.74, 6) is 0.922. The molecule has 1 saturated heterocycles. The molecule has 140 valence electrons. The van der Waals surface area contributed by atoms with E-state index in [1.165, 1.54) is 4.90 Å². The lowest BCUT2D eigenvalue weighted by atomic mass is 10.2. The van der Waals surface area contributed by atoms with Crippen molar-refractivity contribution in [2.24, 2.45) is 0 Å². The van der Waals surface area contributed by atoms with Gasteiger partial charge in [0.05, 0.1) is 11.4 Å². The average Bonchev–Trinajstić information content (AvgIpc) is 3.24. The fourth-order valence-electron chi connectivity index (χ4n) is 2.74. The third kappa shape index (κ3) is 4.19. The minimum absolute atomic E-state index is 0.214.